The molecule has 3 rings (SSSR count). The zero-order chi connectivity index (χ0) is 18.5. The molecule has 0 saturated heterocycles. The van der Waals surface area contributed by atoms with Gasteiger partial charge in [0.05, 0.1) is 6.04 Å². The Kier molecular flexibility index (Phi) is 6.12. The van der Waals surface area contributed by atoms with Crippen molar-refractivity contribution >= 4 is 39.0 Å². The first-order chi connectivity index (χ1) is 12.5. The molecule has 0 amide bonds. The Bertz CT molecular complexity index is 891. The molecule has 3 aromatic rings. The smallest absolute Gasteiger partial charge is 0.165 e. The van der Waals surface area contributed by atoms with Gasteiger partial charge in [0.25, 0.3) is 0 Å². The summed E-state index contributed by atoms with van der Waals surface area (Å²) in [4.78, 5) is 12.8. The van der Waals surface area contributed by atoms with Gasteiger partial charge in [-0.25, -0.2) is 0 Å². The maximum absolute atomic E-state index is 12.8. The average Bonchev–Trinajstić information content (AvgIpc) is 2.62. The molecule has 26 heavy (non-hydrogen) atoms. The molecule has 1 atom stereocenters. The molecule has 0 radical (unpaired) electrons. The highest BCUT2D eigenvalue weighted by Crippen LogP contribution is 2.26. The number of hydrogen-bond acceptors (Lipinski definition) is 2. The highest BCUT2D eigenvalue weighted by Gasteiger charge is 2.17. The van der Waals surface area contributed by atoms with Gasteiger partial charge in [-0.15, -0.1) is 0 Å². The predicted octanol–water partition coefficient (Wildman–Crippen LogP) is 6.84. The fraction of sp³-hybridized carbons (Fsp3) is 0.136. The Hall–Kier alpha value is -2.10. The van der Waals surface area contributed by atoms with Crippen LogP contribution in [0.4, 0.5) is 5.69 Å². The van der Waals surface area contributed by atoms with E-state index in [4.69, 9.17) is 11.6 Å². The van der Waals surface area contributed by atoms with Crippen LogP contribution in [0.15, 0.2) is 77.3 Å². The van der Waals surface area contributed by atoms with E-state index in [-0.39, 0.29) is 11.8 Å². The van der Waals surface area contributed by atoms with Crippen LogP contribution in [-0.2, 0) is 0 Å². The normalized spacial score (nSPS) is 11.8. The summed E-state index contributed by atoms with van der Waals surface area (Å²) in [6.07, 6.45) is 0.358. The molecule has 0 saturated carbocycles. The van der Waals surface area contributed by atoms with E-state index >= 15 is 0 Å². The first-order valence-corrected chi connectivity index (χ1v) is 9.56. The van der Waals surface area contributed by atoms with E-state index in [0.717, 1.165) is 15.7 Å². The van der Waals surface area contributed by atoms with Crippen LogP contribution >= 0.6 is 27.5 Å². The lowest BCUT2D eigenvalue weighted by Crippen LogP contribution is -2.16. The van der Waals surface area contributed by atoms with Crippen molar-refractivity contribution in [3.8, 4) is 0 Å². The Morgan fingerprint density at radius 1 is 1.04 bits per heavy atom. The van der Waals surface area contributed by atoms with Crippen LogP contribution in [0.3, 0.4) is 0 Å². The summed E-state index contributed by atoms with van der Waals surface area (Å²) >= 11 is 9.50. The number of carbonyl (C=O) groups is 1. The van der Waals surface area contributed by atoms with Crippen molar-refractivity contribution in [3.63, 3.8) is 0 Å². The molecule has 0 aromatic heterocycles. The lowest BCUT2D eigenvalue weighted by Gasteiger charge is -2.20. The van der Waals surface area contributed by atoms with Crippen molar-refractivity contribution in [1.82, 2.24) is 0 Å². The van der Waals surface area contributed by atoms with E-state index in [1.165, 1.54) is 5.56 Å². The second-order valence-corrected chi connectivity index (χ2v) is 7.60. The van der Waals surface area contributed by atoms with Crippen LogP contribution in [0.5, 0.6) is 0 Å². The van der Waals surface area contributed by atoms with E-state index in [0.29, 0.717) is 17.0 Å². The van der Waals surface area contributed by atoms with E-state index < -0.39 is 0 Å². The number of hydrogen-bond donors (Lipinski definition) is 1. The van der Waals surface area contributed by atoms with Gasteiger partial charge in [0.1, 0.15) is 0 Å². The first-order valence-electron chi connectivity index (χ1n) is 8.39. The summed E-state index contributed by atoms with van der Waals surface area (Å²) in [5.41, 5.74) is 3.86. The monoisotopic (exact) mass is 427 g/mol. The molecule has 0 unspecified atom stereocenters. The van der Waals surface area contributed by atoms with Crippen LogP contribution in [0.25, 0.3) is 0 Å². The number of benzene rings is 3. The van der Waals surface area contributed by atoms with Crippen molar-refractivity contribution in [1.29, 1.82) is 0 Å². The van der Waals surface area contributed by atoms with Gasteiger partial charge in [-0.3, -0.25) is 4.79 Å². The van der Waals surface area contributed by atoms with Gasteiger partial charge in [0.2, 0.25) is 0 Å². The molecule has 0 heterocycles. The van der Waals surface area contributed by atoms with Gasteiger partial charge in [0.15, 0.2) is 5.78 Å². The number of anilines is 1. The number of halogens is 2. The maximum atomic E-state index is 12.8. The molecule has 0 fully saturated rings. The third-order valence-electron chi connectivity index (χ3n) is 4.20. The first kappa shape index (κ1) is 18.7. The van der Waals surface area contributed by atoms with Crippen molar-refractivity contribution in [2.45, 2.75) is 19.4 Å². The minimum Gasteiger partial charge on any atom is -0.378 e. The van der Waals surface area contributed by atoms with Gasteiger partial charge < -0.3 is 5.32 Å². The molecule has 0 bridgehead atoms. The van der Waals surface area contributed by atoms with Crippen LogP contribution in [-0.4, -0.2) is 5.78 Å². The Labute approximate surface area is 167 Å². The van der Waals surface area contributed by atoms with Crippen LogP contribution < -0.4 is 5.32 Å². The maximum Gasteiger partial charge on any atom is 0.165 e. The van der Waals surface area contributed by atoms with E-state index in [9.17, 15) is 4.79 Å². The minimum atomic E-state index is -0.134. The van der Waals surface area contributed by atoms with Crippen LogP contribution in [0, 0.1) is 6.92 Å². The molecular formula is C22H19BrClNO. The molecule has 1 N–H and O–H groups in total. The van der Waals surface area contributed by atoms with Gasteiger partial charge in [-0.2, -0.15) is 0 Å². The highest BCUT2D eigenvalue weighted by molar-refractivity contribution is 9.10. The molecule has 0 aliphatic heterocycles. The van der Waals surface area contributed by atoms with Crippen molar-refractivity contribution < 1.29 is 4.79 Å². The topological polar surface area (TPSA) is 29.1 Å². The largest absolute Gasteiger partial charge is 0.378 e. The van der Waals surface area contributed by atoms with Gasteiger partial charge in [0, 0.05) is 27.2 Å². The van der Waals surface area contributed by atoms with Crippen LogP contribution in [0.2, 0.25) is 5.02 Å². The molecule has 4 heteroatoms. The third kappa shape index (κ3) is 4.96. The Morgan fingerprint density at radius 2 is 1.73 bits per heavy atom. The number of carbonyl (C=O) groups excluding carboxylic acids is 1. The second-order valence-electron chi connectivity index (χ2n) is 6.25. The second kappa shape index (κ2) is 8.52. The van der Waals surface area contributed by atoms with E-state index in [1.807, 2.05) is 48.5 Å². The fourth-order valence-electron chi connectivity index (χ4n) is 2.77. The molecule has 2 nitrogen and oxygen atoms in total. The number of ketones is 1. The number of rotatable bonds is 6. The average molecular weight is 429 g/mol. The van der Waals surface area contributed by atoms with Crippen molar-refractivity contribution in [2.24, 2.45) is 0 Å². The van der Waals surface area contributed by atoms with E-state index in [1.54, 1.807) is 0 Å². The summed E-state index contributed by atoms with van der Waals surface area (Å²) in [5, 5.41) is 4.12. The number of aryl methyl sites for hydroxylation is 1. The Balaban J connectivity index is 1.85. The molecule has 0 aliphatic rings. The summed E-state index contributed by atoms with van der Waals surface area (Å²) < 4.78 is 0.959. The van der Waals surface area contributed by atoms with Gasteiger partial charge in [-0.05, 0) is 42.8 Å². The zero-order valence-electron chi connectivity index (χ0n) is 14.4. The minimum absolute atomic E-state index is 0.0950. The quantitative estimate of drug-likeness (QED) is 0.436. The Morgan fingerprint density at radius 3 is 2.38 bits per heavy atom. The molecule has 0 aliphatic carbocycles. The molecule has 3 aromatic carbocycles. The highest BCUT2D eigenvalue weighted by atomic mass is 79.9. The number of nitrogens with one attached hydrogen (secondary N) is 1. The zero-order valence-corrected chi connectivity index (χ0v) is 16.7. The molecule has 132 valence electrons. The summed E-state index contributed by atoms with van der Waals surface area (Å²) in [7, 11) is 0. The fourth-order valence-corrected chi connectivity index (χ4v) is 3.22. The third-order valence-corrected chi connectivity index (χ3v) is 4.96. The summed E-state index contributed by atoms with van der Waals surface area (Å²) in [6, 6.07) is 23.1. The van der Waals surface area contributed by atoms with Gasteiger partial charge in [-0.1, -0.05) is 75.6 Å². The SMILES string of the molecule is Cc1ccc([C@H](CC(=O)c2ccc(Br)cc2)Nc2cccc(Cl)c2)cc1. The lowest BCUT2D eigenvalue weighted by atomic mass is 9.97. The van der Waals surface area contributed by atoms with Crippen LogP contribution in [0.1, 0.15) is 33.9 Å². The number of Topliss-reactive ketones (excluding diaryl/α,β-unsaturated/α-hetero) is 1. The standard InChI is InChI=1S/C22H19BrClNO/c1-15-5-7-16(8-6-15)21(25-20-4-2-3-19(24)13-20)14-22(26)17-9-11-18(23)12-10-17/h2-13,21,25H,14H2,1H3/t21-/m0/s1. The van der Waals surface area contributed by atoms with Crippen molar-refractivity contribution in [3.05, 3.63) is 99.0 Å². The molecular weight excluding hydrogens is 410 g/mol. The van der Waals surface area contributed by atoms with Gasteiger partial charge >= 0.3 is 0 Å². The lowest BCUT2D eigenvalue weighted by molar-refractivity contribution is 0.0976. The predicted molar refractivity (Wildman–Crippen MR) is 112 cm³/mol. The summed E-state index contributed by atoms with van der Waals surface area (Å²) in [5.74, 6) is 0.0950. The van der Waals surface area contributed by atoms with E-state index in [2.05, 4.69) is 52.4 Å². The van der Waals surface area contributed by atoms with Crippen molar-refractivity contribution in [2.75, 3.05) is 5.32 Å². The molecule has 0 spiro atoms. The summed E-state index contributed by atoms with van der Waals surface area (Å²) in [6.45, 7) is 2.05.